The van der Waals surface area contributed by atoms with Crippen LogP contribution in [0, 0.1) is 5.92 Å². The monoisotopic (exact) mass is 257 g/mol. The van der Waals surface area contributed by atoms with Crippen molar-refractivity contribution in [3.05, 3.63) is 0 Å². The zero-order valence-corrected chi connectivity index (χ0v) is 11.5. The Morgan fingerprint density at radius 1 is 1.28 bits per heavy atom. The van der Waals surface area contributed by atoms with Gasteiger partial charge in [0.05, 0.1) is 0 Å². The topological polar surface area (TPSA) is 58.6 Å². The first-order valence-corrected chi connectivity index (χ1v) is 7.24. The number of carbonyl (C=O) groups excluding carboxylic acids is 1. The number of nitrogens with one attached hydrogen (secondary N) is 1. The molecule has 0 bridgehead atoms. The molecule has 1 saturated carbocycles. The molecule has 106 valence electrons. The Balaban J connectivity index is 2.02. The van der Waals surface area contributed by atoms with Gasteiger partial charge in [0, 0.05) is 19.3 Å². The number of hydrogen-bond acceptors (Lipinski definition) is 3. The van der Waals surface area contributed by atoms with Crippen molar-refractivity contribution in [1.82, 2.24) is 5.32 Å². The molecule has 1 amide bonds. The first kappa shape index (κ1) is 15.4. The van der Waals surface area contributed by atoms with Gasteiger partial charge in [-0.1, -0.05) is 19.8 Å². The molecule has 1 aliphatic carbocycles. The van der Waals surface area contributed by atoms with E-state index in [0.717, 1.165) is 38.5 Å². The molecule has 4 nitrogen and oxygen atoms in total. The molecule has 4 heteroatoms. The number of aliphatic hydroxyl groups is 1. The Bertz CT molecular complexity index is 225. The van der Waals surface area contributed by atoms with Crippen LogP contribution in [0.5, 0.6) is 0 Å². The van der Waals surface area contributed by atoms with Gasteiger partial charge in [0.25, 0.3) is 0 Å². The largest absolute Gasteiger partial charge is 0.396 e. The van der Waals surface area contributed by atoms with Gasteiger partial charge in [-0.15, -0.1) is 0 Å². The van der Waals surface area contributed by atoms with Crippen molar-refractivity contribution in [3.8, 4) is 0 Å². The second-order valence-electron chi connectivity index (χ2n) is 5.23. The Morgan fingerprint density at radius 2 is 2.00 bits per heavy atom. The SMILES string of the molecule is CCCCCOCC(=O)NC1CCC(CO)CC1. The van der Waals surface area contributed by atoms with Crippen LogP contribution in [0.2, 0.25) is 0 Å². The first-order chi connectivity index (χ1) is 8.76. The number of carbonyl (C=O) groups is 1. The van der Waals surface area contributed by atoms with E-state index in [-0.39, 0.29) is 25.2 Å². The third-order valence-corrected chi connectivity index (χ3v) is 3.60. The van der Waals surface area contributed by atoms with Crippen molar-refractivity contribution in [2.75, 3.05) is 19.8 Å². The van der Waals surface area contributed by atoms with Gasteiger partial charge in [0.15, 0.2) is 0 Å². The minimum Gasteiger partial charge on any atom is -0.396 e. The smallest absolute Gasteiger partial charge is 0.246 e. The summed E-state index contributed by atoms with van der Waals surface area (Å²) in [5.74, 6) is 0.433. The molecule has 0 radical (unpaired) electrons. The second kappa shape index (κ2) is 9.34. The van der Waals surface area contributed by atoms with Crippen LogP contribution < -0.4 is 5.32 Å². The van der Waals surface area contributed by atoms with Crippen LogP contribution in [0.15, 0.2) is 0 Å². The molecule has 2 N–H and O–H groups in total. The Labute approximate surface area is 110 Å². The van der Waals surface area contributed by atoms with E-state index in [1.165, 1.54) is 6.42 Å². The van der Waals surface area contributed by atoms with Gasteiger partial charge in [-0.25, -0.2) is 0 Å². The molecule has 0 aliphatic heterocycles. The summed E-state index contributed by atoms with van der Waals surface area (Å²) in [6.07, 6.45) is 7.35. The van der Waals surface area contributed by atoms with Crippen molar-refractivity contribution < 1.29 is 14.6 Å². The standard InChI is InChI=1S/C14H27NO3/c1-2-3-4-9-18-11-14(17)15-13-7-5-12(10-16)6-8-13/h12-13,16H,2-11H2,1H3,(H,15,17). The van der Waals surface area contributed by atoms with Gasteiger partial charge in [-0.2, -0.15) is 0 Å². The summed E-state index contributed by atoms with van der Waals surface area (Å²) in [6.45, 7) is 3.29. The average molecular weight is 257 g/mol. The number of hydrogen-bond donors (Lipinski definition) is 2. The lowest BCUT2D eigenvalue weighted by molar-refractivity contribution is -0.126. The summed E-state index contributed by atoms with van der Waals surface area (Å²) >= 11 is 0. The van der Waals surface area contributed by atoms with E-state index in [0.29, 0.717) is 12.5 Å². The molecule has 0 atom stereocenters. The molecule has 1 fully saturated rings. The summed E-state index contributed by atoms with van der Waals surface area (Å²) in [4.78, 5) is 11.6. The summed E-state index contributed by atoms with van der Waals surface area (Å²) in [6, 6.07) is 0.277. The summed E-state index contributed by atoms with van der Waals surface area (Å²) in [5, 5.41) is 12.0. The zero-order chi connectivity index (χ0) is 13.2. The molecule has 0 aromatic carbocycles. The van der Waals surface area contributed by atoms with Crippen molar-refractivity contribution in [2.24, 2.45) is 5.92 Å². The third kappa shape index (κ3) is 6.36. The van der Waals surface area contributed by atoms with E-state index in [4.69, 9.17) is 9.84 Å². The van der Waals surface area contributed by atoms with Gasteiger partial charge < -0.3 is 15.2 Å². The van der Waals surface area contributed by atoms with Gasteiger partial charge in [-0.05, 0) is 38.0 Å². The van der Waals surface area contributed by atoms with Crippen molar-refractivity contribution >= 4 is 5.91 Å². The molecular weight excluding hydrogens is 230 g/mol. The van der Waals surface area contributed by atoms with Crippen LogP contribution in [-0.2, 0) is 9.53 Å². The van der Waals surface area contributed by atoms with Crippen LogP contribution in [0.1, 0.15) is 51.9 Å². The highest BCUT2D eigenvalue weighted by Gasteiger charge is 2.21. The molecule has 0 aromatic heterocycles. The van der Waals surface area contributed by atoms with E-state index >= 15 is 0 Å². The predicted molar refractivity (Wildman–Crippen MR) is 71.3 cm³/mol. The van der Waals surface area contributed by atoms with Crippen molar-refractivity contribution in [1.29, 1.82) is 0 Å². The molecular formula is C14H27NO3. The number of ether oxygens (including phenoxy) is 1. The van der Waals surface area contributed by atoms with Crippen LogP contribution in [0.3, 0.4) is 0 Å². The van der Waals surface area contributed by atoms with E-state index < -0.39 is 0 Å². The van der Waals surface area contributed by atoms with Crippen LogP contribution in [-0.4, -0.2) is 36.9 Å². The quantitative estimate of drug-likeness (QED) is 0.653. The van der Waals surface area contributed by atoms with E-state index in [1.54, 1.807) is 0 Å². The fraction of sp³-hybridized carbons (Fsp3) is 0.929. The molecule has 0 unspecified atom stereocenters. The Morgan fingerprint density at radius 3 is 2.61 bits per heavy atom. The fourth-order valence-electron chi connectivity index (χ4n) is 2.38. The van der Waals surface area contributed by atoms with Crippen molar-refractivity contribution in [3.63, 3.8) is 0 Å². The third-order valence-electron chi connectivity index (χ3n) is 3.60. The van der Waals surface area contributed by atoms with Gasteiger partial charge in [0.2, 0.25) is 5.91 Å². The highest BCUT2D eigenvalue weighted by molar-refractivity contribution is 5.77. The highest BCUT2D eigenvalue weighted by atomic mass is 16.5. The summed E-state index contributed by atoms with van der Waals surface area (Å²) in [7, 11) is 0. The molecule has 0 saturated heterocycles. The van der Waals surface area contributed by atoms with Gasteiger partial charge in [-0.3, -0.25) is 4.79 Å². The molecule has 0 heterocycles. The van der Waals surface area contributed by atoms with Gasteiger partial charge >= 0.3 is 0 Å². The van der Waals surface area contributed by atoms with Crippen LogP contribution in [0.25, 0.3) is 0 Å². The number of aliphatic hydroxyl groups excluding tert-OH is 1. The van der Waals surface area contributed by atoms with Crippen molar-refractivity contribution in [2.45, 2.75) is 57.9 Å². The average Bonchev–Trinajstić information content (AvgIpc) is 2.39. The molecule has 0 spiro atoms. The lowest BCUT2D eigenvalue weighted by Crippen LogP contribution is -2.39. The maximum absolute atomic E-state index is 11.6. The lowest BCUT2D eigenvalue weighted by atomic mass is 9.86. The normalized spacial score (nSPS) is 23.9. The Hall–Kier alpha value is -0.610. The lowest BCUT2D eigenvalue weighted by Gasteiger charge is -2.27. The summed E-state index contributed by atoms with van der Waals surface area (Å²) in [5.41, 5.74) is 0. The predicted octanol–water partition coefficient (Wildman–Crippen LogP) is 1.86. The number of unbranched alkanes of at least 4 members (excludes halogenated alkanes) is 2. The maximum atomic E-state index is 11.6. The second-order valence-corrected chi connectivity index (χ2v) is 5.23. The Kier molecular flexibility index (Phi) is 8.01. The van der Waals surface area contributed by atoms with E-state index in [2.05, 4.69) is 12.2 Å². The van der Waals surface area contributed by atoms with E-state index in [1.807, 2.05) is 0 Å². The molecule has 18 heavy (non-hydrogen) atoms. The van der Waals surface area contributed by atoms with Crippen LogP contribution >= 0.6 is 0 Å². The maximum Gasteiger partial charge on any atom is 0.246 e. The van der Waals surface area contributed by atoms with Crippen LogP contribution in [0.4, 0.5) is 0 Å². The van der Waals surface area contributed by atoms with E-state index in [9.17, 15) is 4.79 Å². The molecule has 1 rings (SSSR count). The number of amides is 1. The minimum atomic E-state index is -0.000975. The van der Waals surface area contributed by atoms with Gasteiger partial charge in [0.1, 0.15) is 6.61 Å². The summed E-state index contributed by atoms with van der Waals surface area (Å²) < 4.78 is 5.33. The minimum absolute atomic E-state index is 0.000975. The highest BCUT2D eigenvalue weighted by Crippen LogP contribution is 2.23. The zero-order valence-electron chi connectivity index (χ0n) is 11.5. The fourth-order valence-corrected chi connectivity index (χ4v) is 2.38. The molecule has 0 aromatic rings. The number of rotatable bonds is 8. The first-order valence-electron chi connectivity index (χ1n) is 7.24. The molecule has 1 aliphatic rings.